The van der Waals surface area contributed by atoms with Gasteiger partial charge in [-0.25, -0.2) is 19.6 Å². The first-order valence-electron chi connectivity index (χ1n) is 18.1. The molecule has 1 N–H and O–H groups in total. The summed E-state index contributed by atoms with van der Waals surface area (Å²) in [6.45, 7) is 9.85. The van der Waals surface area contributed by atoms with Crippen molar-refractivity contribution in [1.29, 1.82) is 0 Å². The van der Waals surface area contributed by atoms with Crippen molar-refractivity contribution in [2.45, 2.75) is 91.0 Å². The SMILES string of the molecule is COc1ccc2nc3c(nc2c1)O[C@H]1CN(C(=O)[C@H](C(C)(C)C)NC(=O)O[C@@H]2C[C@H]2CCCC=C3)[C@H](C(=O)OCC(C)C)C1Cc1ccccc1. The Kier molecular flexibility index (Phi) is 10.8. The molecule has 2 fully saturated rings. The van der Waals surface area contributed by atoms with Gasteiger partial charge < -0.3 is 29.2 Å². The zero-order valence-corrected chi connectivity index (χ0v) is 30.5. The van der Waals surface area contributed by atoms with Gasteiger partial charge in [-0.15, -0.1) is 0 Å². The molecule has 3 aliphatic rings. The fraction of sp³-hybridized carbons (Fsp3) is 0.525. The van der Waals surface area contributed by atoms with Crippen molar-refractivity contribution in [3.8, 4) is 11.6 Å². The van der Waals surface area contributed by atoms with E-state index in [0.29, 0.717) is 34.8 Å². The summed E-state index contributed by atoms with van der Waals surface area (Å²) < 4.78 is 24.0. The van der Waals surface area contributed by atoms with Crippen LogP contribution in [0.1, 0.15) is 71.6 Å². The predicted molar refractivity (Wildman–Crippen MR) is 193 cm³/mol. The Bertz CT molecular complexity index is 1750. The van der Waals surface area contributed by atoms with Gasteiger partial charge >= 0.3 is 12.1 Å². The number of carbonyl (C=O) groups excluding carboxylic acids is 3. The Hall–Kier alpha value is -4.67. The van der Waals surface area contributed by atoms with E-state index >= 15 is 0 Å². The molecule has 1 aliphatic carbocycles. The standard InChI is InChI=1S/C40H50N4O7/c1-24(2)23-49-38(46)34-28(19-25-13-9-7-10-14-25)33-22-44(34)37(45)35(40(3,4)5)43-39(47)51-32-20-26(32)15-11-8-12-16-30-36(50-33)42-31-21-27(48-6)17-18-29(31)41-30/h7,9-10,12-14,16-18,21,24,26,28,32-35H,8,11,15,19-20,22-23H2,1-6H3,(H,43,47)/t26-,28?,32-,33+,34+,35-/m1/s1. The molecule has 2 amide bonds. The lowest BCUT2D eigenvalue weighted by Crippen LogP contribution is -2.57. The third-order valence-electron chi connectivity index (χ3n) is 9.83. The summed E-state index contributed by atoms with van der Waals surface area (Å²) in [5.74, 6) is -0.129. The number of ether oxygens (including phenoxy) is 4. The van der Waals surface area contributed by atoms with Crippen LogP contribution in [-0.4, -0.2) is 77.4 Å². The molecule has 1 saturated carbocycles. The van der Waals surface area contributed by atoms with E-state index in [9.17, 15) is 14.4 Å². The lowest BCUT2D eigenvalue weighted by atomic mass is 9.85. The van der Waals surface area contributed by atoms with E-state index in [1.54, 1.807) is 7.11 Å². The van der Waals surface area contributed by atoms with E-state index in [1.165, 1.54) is 4.90 Å². The van der Waals surface area contributed by atoms with Crippen molar-refractivity contribution in [3.05, 3.63) is 65.9 Å². The van der Waals surface area contributed by atoms with Gasteiger partial charge in [0.1, 0.15) is 35.7 Å². The second-order valence-electron chi connectivity index (χ2n) is 15.5. The quantitative estimate of drug-likeness (QED) is 0.292. The summed E-state index contributed by atoms with van der Waals surface area (Å²) in [7, 11) is 1.60. The van der Waals surface area contributed by atoms with Crippen LogP contribution in [0.4, 0.5) is 4.79 Å². The molecule has 2 aliphatic heterocycles. The van der Waals surface area contributed by atoms with Gasteiger partial charge in [0.2, 0.25) is 11.8 Å². The van der Waals surface area contributed by atoms with E-state index in [1.807, 2.05) is 89.2 Å². The molecule has 6 atom stereocenters. The number of nitrogens with one attached hydrogen (secondary N) is 1. The summed E-state index contributed by atoms with van der Waals surface area (Å²) in [5, 5.41) is 2.88. The average molecular weight is 699 g/mol. The van der Waals surface area contributed by atoms with Gasteiger partial charge in [0.15, 0.2) is 0 Å². The first-order chi connectivity index (χ1) is 24.4. The van der Waals surface area contributed by atoms with Gasteiger partial charge in [0, 0.05) is 12.0 Å². The van der Waals surface area contributed by atoms with E-state index in [2.05, 4.69) is 11.4 Å². The van der Waals surface area contributed by atoms with E-state index < -0.39 is 47.5 Å². The minimum atomic E-state index is -0.994. The maximum atomic E-state index is 14.8. The average Bonchev–Trinajstić information content (AvgIpc) is 3.73. The maximum absolute atomic E-state index is 14.8. The van der Waals surface area contributed by atoms with Gasteiger partial charge in [-0.3, -0.25) is 4.79 Å². The predicted octanol–water partition coefficient (Wildman–Crippen LogP) is 6.38. The topological polar surface area (TPSA) is 129 Å². The number of hydrogen-bond donors (Lipinski definition) is 1. The van der Waals surface area contributed by atoms with Crippen LogP contribution < -0.4 is 14.8 Å². The second kappa shape index (κ2) is 15.3. The molecule has 0 radical (unpaired) electrons. The number of hydrogen-bond acceptors (Lipinski definition) is 9. The molecule has 3 aromatic rings. The van der Waals surface area contributed by atoms with Crippen molar-refractivity contribution in [2.24, 2.45) is 23.2 Å². The van der Waals surface area contributed by atoms with Crippen LogP contribution in [0.15, 0.2) is 54.6 Å². The van der Waals surface area contributed by atoms with Gasteiger partial charge in [-0.1, -0.05) is 71.0 Å². The fourth-order valence-electron chi connectivity index (χ4n) is 6.96. The molecular formula is C40H50N4O7. The lowest BCUT2D eigenvalue weighted by molar-refractivity contribution is -0.157. The molecule has 11 nitrogen and oxygen atoms in total. The Balaban J connectivity index is 1.46. The maximum Gasteiger partial charge on any atom is 0.408 e. The number of amides is 2. The van der Waals surface area contributed by atoms with Crippen molar-refractivity contribution >= 4 is 35.1 Å². The second-order valence-corrected chi connectivity index (χ2v) is 15.5. The molecule has 3 heterocycles. The number of rotatable bonds is 6. The molecular weight excluding hydrogens is 648 g/mol. The van der Waals surface area contributed by atoms with Crippen molar-refractivity contribution in [3.63, 3.8) is 0 Å². The van der Waals surface area contributed by atoms with Crippen LogP contribution in [0.25, 0.3) is 17.1 Å². The van der Waals surface area contributed by atoms with Gasteiger partial charge in [0.25, 0.3) is 0 Å². The molecule has 0 spiro atoms. The van der Waals surface area contributed by atoms with Crippen molar-refractivity contribution < 1.29 is 33.3 Å². The van der Waals surface area contributed by atoms with Crippen LogP contribution in [0.3, 0.4) is 0 Å². The molecule has 2 aromatic carbocycles. The highest BCUT2D eigenvalue weighted by Gasteiger charge is 2.53. The molecule has 1 unspecified atom stereocenters. The lowest BCUT2D eigenvalue weighted by Gasteiger charge is -2.35. The van der Waals surface area contributed by atoms with Crippen molar-refractivity contribution in [1.82, 2.24) is 20.2 Å². The highest BCUT2D eigenvalue weighted by Crippen LogP contribution is 2.39. The van der Waals surface area contributed by atoms with E-state index in [4.69, 9.17) is 28.9 Å². The highest BCUT2D eigenvalue weighted by atomic mass is 16.6. The zero-order chi connectivity index (χ0) is 36.3. The van der Waals surface area contributed by atoms with E-state index in [-0.39, 0.29) is 31.1 Å². The number of fused-ring (bicyclic) bond motifs is 5. The first kappa shape index (κ1) is 36.1. The number of benzene rings is 2. The minimum absolute atomic E-state index is 0.0623. The normalized spacial score (nSPS) is 25.5. The Morgan fingerprint density at radius 2 is 1.82 bits per heavy atom. The molecule has 51 heavy (non-hydrogen) atoms. The van der Waals surface area contributed by atoms with Gasteiger partial charge in [-0.05, 0) is 73.1 Å². The number of allylic oxidation sites excluding steroid dienone is 1. The number of alkyl carbamates (subject to hydrolysis) is 1. The smallest absolute Gasteiger partial charge is 0.408 e. The summed E-state index contributed by atoms with van der Waals surface area (Å²) in [5.41, 5.74) is 2.11. The van der Waals surface area contributed by atoms with Crippen LogP contribution in [0.5, 0.6) is 11.6 Å². The Labute approximate surface area is 300 Å². The number of esters is 1. The summed E-state index contributed by atoms with van der Waals surface area (Å²) in [6, 6.07) is 13.4. The molecule has 11 heteroatoms. The highest BCUT2D eigenvalue weighted by molar-refractivity contribution is 5.91. The Morgan fingerprint density at radius 3 is 2.55 bits per heavy atom. The van der Waals surface area contributed by atoms with Crippen molar-refractivity contribution in [2.75, 3.05) is 20.3 Å². The zero-order valence-electron chi connectivity index (χ0n) is 30.5. The van der Waals surface area contributed by atoms with Crippen LogP contribution in [0.2, 0.25) is 0 Å². The fourth-order valence-corrected chi connectivity index (χ4v) is 6.96. The van der Waals surface area contributed by atoms with Gasteiger partial charge in [0.05, 0.1) is 31.3 Å². The number of methoxy groups -OCH3 is 1. The monoisotopic (exact) mass is 698 g/mol. The van der Waals surface area contributed by atoms with E-state index in [0.717, 1.165) is 31.2 Å². The summed E-state index contributed by atoms with van der Waals surface area (Å²) in [6.07, 6.45) is 6.35. The molecule has 272 valence electrons. The van der Waals surface area contributed by atoms with Crippen LogP contribution >= 0.6 is 0 Å². The summed E-state index contributed by atoms with van der Waals surface area (Å²) in [4.78, 5) is 53.6. The third kappa shape index (κ3) is 8.63. The Morgan fingerprint density at radius 1 is 1.04 bits per heavy atom. The molecule has 1 saturated heterocycles. The number of nitrogens with zero attached hydrogens (tertiary/aromatic N) is 3. The van der Waals surface area contributed by atoms with Crippen LogP contribution in [-0.2, 0) is 25.5 Å². The minimum Gasteiger partial charge on any atom is -0.497 e. The molecule has 6 rings (SSSR count). The largest absolute Gasteiger partial charge is 0.497 e. The number of carbonyl (C=O) groups is 3. The summed E-state index contributed by atoms with van der Waals surface area (Å²) >= 11 is 0. The molecule has 1 aromatic heterocycles. The third-order valence-corrected chi connectivity index (χ3v) is 9.83. The number of aromatic nitrogens is 2. The first-order valence-corrected chi connectivity index (χ1v) is 18.1. The van der Waals surface area contributed by atoms with Gasteiger partial charge in [-0.2, -0.15) is 0 Å². The van der Waals surface area contributed by atoms with Crippen LogP contribution in [0, 0.1) is 23.2 Å². The molecule has 2 bridgehead atoms.